The fraction of sp³-hybridized carbons (Fsp3) is 0.667. The Balaban J connectivity index is 2.08. The van der Waals surface area contributed by atoms with Crippen LogP contribution < -0.4 is 10.6 Å². The predicted molar refractivity (Wildman–Crippen MR) is 146 cm³/mol. The number of benzene rings is 1. The molecule has 202 valence electrons. The lowest BCUT2D eigenvalue weighted by Gasteiger charge is -2.08. The Hall–Kier alpha value is -2.50. The van der Waals surface area contributed by atoms with Crippen LogP contribution in [-0.2, 0) is 9.59 Å². The SMILES string of the molecule is CCCCCCCCNC(=O)c1ccc(C(=O)NCCCCCCCC(=O)CCCCC(C)=O)cc1. The van der Waals surface area contributed by atoms with Gasteiger partial charge in [0.2, 0.25) is 0 Å². The average molecular weight is 501 g/mol. The molecule has 1 aromatic carbocycles. The summed E-state index contributed by atoms with van der Waals surface area (Å²) in [5.41, 5.74) is 1.14. The van der Waals surface area contributed by atoms with Gasteiger partial charge in [-0.25, -0.2) is 0 Å². The third-order valence-electron chi connectivity index (χ3n) is 6.38. The Morgan fingerprint density at radius 3 is 1.42 bits per heavy atom. The predicted octanol–water partition coefficient (Wildman–Crippen LogP) is 6.57. The normalized spacial score (nSPS) is 10.7. The number of Topliss-reactive ketones (excluding diaryl/α,β-unsaturated/α-hetero) is 2. The number of hydrogen-bond acceptors (Lipinski definition) is 4. The highest BCUT2D eigenvalue weighted by atomic mass is 16.2. The second kappa shape index (κ2) is 20.7. The van der Waals surface area contributed by atoms with Gasteiger partial charge in [0.05, 0.1) is 0 Å². The maximum absolute atomic E-state index is 12.3. The number of unbranched alkanes of at least 4 members (excludes halogenated alkanes) is 10. The fourth-order valence-corrected chi connectivity index (χ4v) is 4.08. The van der Waals surface area contributed by atoms with Crippen LogP contribution in [0.1, 0.15) is 137 Å². The minimum atomic E-state index is -0.121. The van der Waals surface area contributed by atoms with Crippen LogP contribution in [0.2, 0.25) is 0 Å². The van der Waals surface area contributed by atoms with Crippen molar-refractivity contribution >= 4 is 23.4 Å². The molecule has 2 amide bonds. The van der Waals surface area contributed by atoms with E-state index in [9.17, 15) is 19.2 Å². The molecular weight excluding hydrogens is 452 g/mol. The molecule has 0 spiro atoms. The van der Waals surface area contributed by atoms with Gasteiger partial charge in [-0.15, -0.1) is 0 Å². The van der Waals surface area contributed by atoms with Gasteiger partial charge in [-0.05, 0) is 63.3 Å². The van der Waals surface area contributed by atoms with Crippen LogP contribution in [0.4, 0.5) is 0 Å². The summed E-state index contributed by atoms with van der Waals surface area (Å²) in [6.45, 7) is 5.10. The van der Waals surface area contributed by atoms with Crippen molar-refractivity contribution in [3.05, 3.63) is 35.4 Å². The second-order valence-corrected chi connectivity index (χ2v) is 9.82. The maximum Gasteiger partial charge on any atom is 0.251 e. The molecule has 0 fully saturated rings. The molecule has 6 heteroatoms. The topological polar surface area (TPSA) is 92.3 Å². The molecule has 0 unspecified atom stereocenters. The minimum Gasteiger partial charge on any atom is -0.352 e. The van der Waals surface area contributed by atoms with Crippen LogP contribution in [0.15, 0.2) is 24.3 Å². The Labute approximate surface area is 218 Å². The summed E-state index contributed by atoms with van der Waals surface area (Å²) in [6, 6.07) is 6.81. The van der Waals surface area contributed by atoms with Crippen molar-refractivity contribution in [2.24, 2.45) is 0 Å². The highest BCUT2D eigenvalue weighted by Crippen LogP contribution is 2.10. The fourth-order valence-electron chi connectivity index (χ4n) is 4.08. The third kappa shape index (κ3) is 16.2. The lowest BCUT2D eigenvalue weighted by Crippen LogP contribution is -2.26. The van der Waals surface area contributed by atoms with Crippen molar-refractivity contribution in [2.45, 2.75) is 117 Å². The quantitative estimate of drug-likeness (QED) is 0.176. The molecular formula is C30H48N2O4. The number of amides is 2. The van der Waals surface area contributed by atoms with Crippen LogP contribution >= 0.6 is 0 Å². The summed E-state index contributed by atoms with van der Waals surface area (Å²) in [7, 11) is 0. The zero-order valence-corrected chi connectivity index (χ0v) is 22.7. The average Bonchev–Trinajstić information content (AvgIpc) is 2.87. The smallest absolute Gasteiger partial charge is 0.251 e. The van der Waals surface area contributed by atoms with E-state index in [1.807, 2.05) is 0 Å². The number of nitrogens with one attached hydrogen (secondary N) is 2. The first-order chi connectivity index (χ1) is 17.4. The summed E-state index contributed by atoms with van der Waals surface area (Å²) in [5.74, 6) is 0.275. The monoisotopic (exact) mass is 500 g/mol. The summed E-state index contributed by atoms with van der Waals surface area (Å²) in [5, 5.41) is 5.89. The van der Waals surface area contributed by atoms with E-state index < -0.39 is 0 Å². The molecule has 6 nitrogen and oxygen atoms in total. The van der Waals surface area contributed by atoms with Crippen molar-refractivity contribution in [3.8, 4) is 0 Å². The molecule has 36 heavy (non-hydrogen) atoms. The first kappa shape index (κ1) is 31.5. The van der Waals surface area contributed by atoms with Crippen LogP contribution in [-0.4, -0.2) is 36.5 Å². The molecule has 0 radical (unpaired) electrons. The van der Waals surface area contributed by atoms with Crippen LogP contribution in [0.5, 0.6) is 0 Å². The molecule has 0 bridgehead atoms. The zero-order chi connectivity index (χ0) is 26.4. The molecule has 0 heterocycles. The van der Waals surface area contributed by atoms with E-state index in [2.05, 4.69) is 17.6 Å². The van der Waals surface area contributed by atoms with E-state index in [-0.39, 0.29) is 17.6 Å². The first-order valence-corrected chi connectivity index (χ1v) is 14.1. The van der Waals surface area contributed by atoms with E-state index in [1.54, 1.807) is 31.2 Å². The molecule has 0 aromatic heterocycles. The van der Waals surface area contributed by atoms with Gasteiger partial charge in [-0.2, -0.15) is 0 Å². The highest BCUT2D eigenvalue weighted by molar-refractivity contribution is 5.97. The van der Waals surface area contributed by atoms with Gasteiger partial charge in [0.1, 0.15) is 11.6 Å². The second-order valence-electron chi connectivity index (χ2n) is 9.82. The van der Waals surface area contributed by atoms with Gasteiger partial charge < -0.3 is 15.4 Å². The number of hydrogen-bond donors (Lipinski definition) is 2. The summed E-state index contributed by atoms with van der Waals surface area (Å²) < 4.78 is 0. The molecule has 0 atom stereocenters. The lowest BCUT2D eigenvalue weighted by molar-refractivity contribution is -0.120. The van der Waals surface area contributed by atoms with Crippen molar-refractivity contribution in [1.29, 1.82) is 0 Å². The van der Waals surface area contributed by atoms with Crippen LogP contribution in [0.3, 0.4) is 0 Å². The van der Waals surface area contributed by atoms with E-state index >= 15 is 0 Å². The lowest BCUT2D eigenvalue weighted by atomic mass is 10.0. The Bertz CT molecular complexity index is 774. The highest BCUT2D eigenvalue weighted by Gasteiger charge is 2.08. The van der Waals surface area contributed by atoms with Crippen molar-refractivity contribution in [2.75, 3.05) is 13.1 Å². The van der Waals surface area contributed by atoms with Crippen molar-refractivity contribution < 1.29 is 19.2 Å². The van der Waals surface area contributed by atoms with Crippen molar-refractivity contribution in [1.82, 2.24) is 10.6 Å². The number of ketones is 2. The van der Waals surface area contributed by atoms with E-state index in [0.29, 0.717) is 49.3 Å². The third-order valence-corrected chi connectivity index (χ3v) is 6.38. The maximum atomic E-state index is 12.3. The van der Waals surface area contributed by atoms with Gasteiger partial charge in [0, 0.05) is 43.5 Å². The molecule has 1 rings (SSSR count). The van der Waals surface area contributed by atoms with E-state index in [0.717, 1.165) is 57.8 Å². The Kier molecular flexibility index (Phi) is 18.1. The number of rotatable bonds is 22. The largest absolute Gasteiger partial charge is 0.352 e. The molecule has 0 aliphatic rings. The number of carbonyl (C=O) groups excluding carboxylic acids is 4. The van der Waals surface area contributed by atoms with Gasteiger partial charge in [0.25, 0.3) is 11.8 Å². The Morgan fingerprint density at radius 1 is 0.556 bits per heavy atom. The van der Waals surface area contributed by atoms with E-state index in [1.165, 1.54) is 25.7 Å². The molecule has 0 aliphatic heterocycles. The van der Waals surface area contributed by atoms with E-state index in [4.69, 9.17) is 0 Å². The number of carbonyl (C=O) groups is 4. The zero-order valence-electron chi connectivity index (χ0n) is 22.7. The minimum absolute atomic E-state index is 0.0924. The van der Waals surface area contributed by atoms with Crippen LogP contribution in [0, 0.1) is 0 Å². The Morgan fingerprint density at radius 2 is 0.944 bits per heavy atom. The summed E-state index contributed by atoms with van der Waals surface area (Å²) >= 11 is 0. The van der Waals surface area contributed by atoms with Gasteiger partial charge in [0.15, 0.2) is 0 Å². The molecule has 0 saturated carbocycles. The molecule has 1 aromatic rings. The molecule has 0 aliphatic carbocycles. The van der Waals surface area contributed by atoms with Gasteiger partial charge in [-0.3, -0.25) is 14.4 Å². The molecule has 2 N–H and O–H groups in total. The summed E-state index contributed by atoms with van der Waals surface area (Å²) in [6.07, 6.45) is 15.5. The van der Waals surface area contributed by atoms with Crippen molar-refractivity contribution in [3.63, 3.8) is 0 Å². The van der Waals surface area contributed by atoms with Gasteiger partial charge in [-0.1, -0.05) is 58.3 Å². The van der Waals surface area contributed by atoms with Gasteiger partial charge >= 0.3 is 0 Å². The van der Waals surface area contributed by atoms with Crippen LogP contribution in [0.25, 0.3) is 0 Å². The standard InChI is InChI=1S/C30H48N2O4/c1-3-4-5-6-9-14-23-31-29(35)26-19-21-27(22-20-26)30(36)32-24-15-10-7-8-11-17-28(34)18-13-12-16-25(2)33/h19-22H,3-18,23-24H2,1-2H3,(H,31,35)(H,32,36). The molecule has 0 saturated heterocycles. The first-order valence-electron chi connectivity index (χ1n) is 14.1. The summed E-state index contributed by atoms with van der Waals surface area (Å²) in [4.78, 5) is 47.3.